The van der Waals surface area contributed by atoms with Gasteiger partial charge in [0, 0.05) is 24.0 Å². The van der Waals surface area contributed by atoms with Crippen LogP contribution in [0.15, 0.2) is 83.2 Å². The first-order valence-electron chi connectivity index (χ1n) is 13.0. The Morgan fingerprint density at radius 1 is 1.10 bits per heavy atom. The summed E-state index contributed by atoms with van der Waals surface area (Å²) in [6.45, 7) is 7.65. The summed E-state index contributed by atoms with van der Waals surface area (Å²) in [7, 11) is -4.05. The Morgan fingerprint density at radius 2 is 1.88 bits per heavy atom. The third kappa shape index (κ3) is 5.79. The minimum absolute atomic E-state index is 0.0201. The largest absolute Gasteiger partial charge is 0.453 e. The molecule has 5 aromatic rings. The molecule has 0 unspecified atom stereocenters. The van der Waals surface area contributed by atoms with E-state index in [2.05, 4.69) is 20.4 Å². The highest BCUT2D eigenvalue weighted by Crippen LogP contribution is 2.35. The maximum Gasteiger partial charge on any atom is 0.228 e. The number of carbonyl (C=O) groups is 1. The number of rotatable bonds is 7. The molecular weight excluding hydrogens is 559 g/mol. The molecule has 0 fully saturated rings. The summed E-state index contributed by atoms with van der Waals surface area (Å²) in [5.41, 5.74) is 7.56. The lowest BCUT2D eigenvalue weighted by Gasteiger charge is -2.18. The minimum Gasteiger partial charge on any atom is -0.453 e. The minimum atomic E-state index is -4.05. The maximum atomic E-state index is 15.3. The molecule has 0 spiro atoms. The van der Waals surface area contributed by atoms with E-state index < -0.39 is 15.7 Å². The van der Waals surface area contributed by atoms with Crippen LogP contribution >= 0.6 is 0 Å². The SMILES string of the molecule is Cc1cc(CC(=O)Nc2cnn(C(C)(C)C)c2)cc(F)c1Oc1ccnc2ccc(S(=O)(=O)c3ncccc3N)cc12. The number of anilines is 2. The van der Waals surface area contributed by atoms with Crippen LogP contribution < -0.4 is 15.8 Å². The summed E-state index contributed by atoms with van der Waals surface area (Å²) in [5.74, 6) is -0.846. The van der Waals surface area contributed by atoms with Gasteiger partial charge < -0.3 is 15.8 Å². The quantitative estimate of drug-likeness (QED) is 0.257. The van der Waals surface area contributed by atoms with Crippen LogP contribution in [0.2, 0.25) is 0 Å². The summed E-state index contributed by atoms with van der Waals surface area (Å²) in [6.07, 6.45) is 6.07. The van der Waals surface area contributed by atoms with Gasteiger partial charge in [-0.25, -0.2) is 17.8 Å². The van der Waals surface area contributed by atoms with Gasteiger partial charge in [0.1, 0.15) is 5.75 Å². The van der Waals surface area contributed by atoms with Crippen LogP contribution in [-0.2, 0) is 26.6 Å². The first-order chi connectivity index (χ1) is 19.8. The number of nitrogen functional groups attached to an aromatic ring is 1. The number of amides is 1. The topological polar surface area (TPSA) is 142 Å². The zero-order valence-electron chi connectivity index (χ0n) is 23.4. The molecule has 0 aliphatic carbocycles. The molecule has 3 aromatic heterocycles. The Balaban J connectivity index is 1.40. The van der Waals surface area contributed by atoms with Crippen molar-refractivity contribution >= 4 is 38.0 Å². The van der Waals surface area contributed by atoms with Gasteiger partial charge >= 0.3 is 0 Å². The summed E-state index contributed by atoms with van der Waals surface area (Å²) < 4.78 is 49.6. The van der Waals surface area contributed by atoms with Crippen LogP contribution in [0, 0.1) is 12.7 Å². The van der Waals surface area contributed by atoms with Gasteiger partial charge in [-0.3, -0.25) is 14.5 Å². The molecule has 0 aliphatic heterocycles. The second-order valence-electron chi connectivity index (χ2n) is 10.8. The number of nitrogens with two attached hydrogens (primary N) is 1. The fourth-order valence-corrected chi connectivity index (χ4v) is 5.71. The summed E-state index contributed by atoms with van der Waals surface area (Å²) in [4.78, 5) is 20.8. The third-order valence-electron chi connectivity index (χ3n) is 6.46. The molecule has 2 aromatic carbocycles. The van der Waals surface area contributed by atoms with Crippen molar-refractivity contribution in [3.8, 4) is 11.5 Å². The summed E-state index contributed by atoms with van der Waals surface area (Å²) in [5, 5.41) is 7.14. The summed E-state index contributed by atoms with van der Waals surface area (Å²) >= 11 is 0. The molecule has 10 nitrogen and oxygen atoms in total. The molecule has 3 heterocycles. The number of aromatic nitrogens is 4. The first-order valence-corrected chi connectivity index (χ1v) is 14.5. The molecule has 3 N–H and O–H groups in total. The van der Waals surface area contributed by atoms with Gasteiger partial charge in [0.15, 0.2) is 16.6 Å². The van der Waals surface area contributed by atoms with Crippen LogP contribution in [0.5, 0.6) is 11.5 Å². The van der Waals surface area contributed by atoms with Gasteiger partial charge in [-0.1, -0.05) is 6.07 Å². The fourth-order valence-electron chi connectivity index (χ4n) is 4.38. The highest BCUT2D eigenvalue weighted by molar-refractivity contribution is 7.91. The molecule has 0 saturated heterocycles. The smallest absolute Gasteiger partial charge is 0.228 e. The van der Waals surface area contributed by atoms with Crippen molar-refractivity contribution in [3.05, 3.63) is 90.3 Å². The Labute approximate surface area is 242 Å². The van der Waals surface area contributed by atoms with E-state index in [4.69, 9.17) is 10.5 Å². The highest BCUT2D eigenvalue weighted by atomic mass is 32.2. The second-order valence-corrected chi connectivity index (χ2v) is 12.6. The van der Waals surface area contributed by atoms with E-state index >= 15 is 4.39 Å². The highest BCUT2D eigenvalue weighted by Gasteiger charge is 2.23. The van der Waals surface area contributed by atoms with Gasteiger partial charge in [0.25, 0.3) is 0 Å². The van der Waals surface area contributed by atoms with E-state index in [1.54, 1.807) is 36.1 Å². The Hall–Kier alpha value is -4.84. The number of hydrogen-bond acceptors (Lipinski definition) is 8. The molecule has 1 amide bonds. The molecule has 0 saturated carbocycles. The average molecular weight is 589 g/mol. The van der Waals surface area contributed by atoms with E-state index in [0.717, 1.165) is 0 Å². The first kappa shape index (κ1) is 28.7. The van der Waals surface area contributed by atoms with E-state index in [1.165, 1.54) is 48.8 Å². The molecule has 5 rings (SSSR count). The number of carbonyl (C=O) groups excluding carboxylic acids is 1. The lowest BCUT2D eigenvalue weighted by Crippen LogP contribution is -2.22. The number of pyridine rings is 2. The van der Waals surface area contributed by atoms with Crippen molar-refractivity contribution in [3.63, 3.8) is 0 Å². The van der Waals surface area contributed by atoms with Gasteiger partial charge in [-0.05, 0) is 81.3 Å². The van der Waals surface area contributed by atoms with Crippen molar-refractivity contribution in [1.29, 1.82) is 0 Å². The summed E-state index contributed by atoms with van der Waals surface area (Å²) in [6, 6.07) is 11.8. The van der Waals surface area contributed by atoms with Gasteiger partial charge in [0.2, 0.25) is 15.7 Å². The standard InChI is InChI=1S/C30H29FN6O4S/c1-18-12-19(14-27(38)36-20-16-35-37(17-20)30(2,3)4)13-23(31)28(18)41-26-9-11-33-25-8-7-21(15-22(25)26)42(39,40)29-24(32)6-5-10-34-29/h5-13,15-17H,14,32H2,1-4H3,(H,36,38). The number of fused-ring (bicyclic) bond motifs is 1. The van der Waals surface area contributed by atoms with Crippen LogP contribution in [-0.4, -0.2) is 34.1 Å². The van der Waals surface area contributed by atoms with Gasteiger partial charge in [-0.2, -0.15) is 5.10 Å². The zero-order valence-corrected chi connectivity index (χ0v) is 24.2. The maximum absolute atomic E-state index is 15.3. The number of nitrogens with one attached hydrogen (secondary N) is 1. The number of halogens is 1. The van der Waals surface area contributed by atoms with E-state index in [-0.39, 0.29) is 45.0 Å². The molecule has 12 heteroatoms. The molecule has 0 bridgehead atoms. The number of benzene rings is 2. The molecule has 0 radical (unpaired) electrons. The lowest BCUT2D eigenvalue weighted by molar-refractivity contribution is -0.115. The van der Waals surface area contributed by atoms with Crippen molar-refractivity contribution in [2.45, 2.75) is 49.6 Å². The van der Waals surface area contributed by atoms with Crippen LogP contribution in [0.25, 0.3) is 10.9 Å². The molecule has 216 valence electrons. The van der Waals surface area contributed by atoms with Crippen molar-refractivity contribution < 1.29 is 22.3 Å². The Bertz CT molecular complexity index is 1910. The second kappa shape index (κ2) is 10.9. The van der Waals surface area contributed by atoms with Crippen molar-refractivity contribution in [1.82, 2.24) is 19.7 Å². The number of aryl methyl sites for hydroxylation is 1. The van der Waals surface area contributed by atoms with Gasteiger partial charge in [-0.15, -0.1) is 0 Å². The number of sulfone groups is 1. The van der Waals surface area contributed by atoms with E-state index in [0.29, 0.717) is 27.7 Å². The van der Waals surface area contributed by atoms with Crippen LogP contribution in [0.1, 0.15) is 31.9 Å². The van der Waals surface area contributed by atoms with Crippen LogP contribution in [0.3, 0.4) is 0 Å². The van der Waals surface area contributed by atoms with Gasteiger partial charge in [0.05, 0.1) is 39.9 Å². The van der Waals surface area contributed by atoms with E-state index in [9.17, 15) is 13.2 Å². The normalized spacial score (nSPS) is 11.9. The number of hydrogen-bond donors (Lipinski definition) is 2. The van der Waals surface area contributed by atoms with E-state index in [1.807, 2.05) is 20.8 Å². The molecule has 0 aliphatic rings. The molecule has 0 atom stereocenters. The Kier molecular flexibility index (Phi) is 7.42. The monoisotopic (exact) mass is 588 g/mol. The number of ether oxygens (including phenoxy) is 1. The van der Waals surface area contributed by atoms with Crippen molar-refractivity contribution in [2.75, 3.05) is 11.1 Å². The average Bonchev–Trinajstić information content (AvgIpc) is 3.39. The predicted molar refractivity (Wildman–Crippen MR) is 157 cm³/mol. The number of nitrogens with zero attached hydrogens (tertiary/aromatic N) is 4. The molecular formula is C30H29FN6O4S. The van der Waals surface area contributed by atoms with Crippen molar-refractivity contribution in [2.24, 2.45) is 0 Å². The zero-order chi connectivity index (χ0) is 30.2. The molecule has 42 heavy (non-hydrogen) atoms. The Morgan fingerprint density at radius 3 is 2.57 bits per heavy atom. The fraction of sp³-hybridized carbons (Fsp3) is 0.200. The predicted octanol–water partition coefficient (Wildman–Crippen LogP) is 5.42. The van der Waals surface area contributed by atoms with Crippen LogP contribution in [0.4, 0.5) is 15.8 Å². The lowest BCUT2D eigenvalue weighted by atomic mass is 10.1. The third-order valence-corrected chi connectivity index (χ3v) is 8.18.